The van der Waals surface area contributed by atoms with Crippen LogP contribution in [0.5, 0.6) is 0 Å². The number of hydrogen-bond donors (Lipinski definition) is 3. The molecule has 0 aromatic carbocycles. The minimum atomic E-state index is -0.988. The molecule has 4 atom stereocenters. The van der Waals surface area contributed by atoms with Gasteiger partial charge < -0.3 is 15.3 Å². The summed E-state index contributed by atoms with van der Waals surface area (Å²) in [7, 11) is 0. The number of hydrogen-bond acceptors (Lipinski definition) is 4. The number of rotatable bonds is 6. The highest BCUT2D eigenvalue weighted by atomic mass is 32.1. The van der Waals surface area contributed by atoms with Gasteiger partial charge in [-0.1, -0.05) is 20.3 Å². The lowest BCUT2D eigenvalue weighted by Crippen LogP contribution is -2.55. The van der Waals surface area contributed by atoms with Gasteiger partial charge in [0.2, 0.25) is 11.8 Å². The van der Waals surface area contributed by atoms with Crippen molar-refractivity contribution < 1.29 is 19.5 Å². The van der Waals surface area contributed by atoms with Gasteiger partial charge in [-0.05, 0) is 32.1 Å². The number of carboxylic acid groups (broad SMARTS) is 1. The second-order valence-corrected chi connectivity index (χ2v) is 6.50. The lowest BCUT2D eigenvalue weighted by molar-refractivity contribution is -0.153. The quantitative estimate of drug-likeness (QED) is 0.641. The zero-order chi connectivity index (χ0) is 16.9. The van der Waals surface area contributed by atoms with Gasteiger partial charge in [-0.3, -0.25) is 9.59 Å². The van der Waals surface area contributed by atoms with E-state index in [9.17, 15) is 19.5 Å². The van der Waals surface area contributed by atoms with Gasteiger partial charge >= 0.3 is 5.97 Å². The Balaban J connectivity index is 2.67. The fourth-order valence-electron chi connectivity index (χ4n) is 2.54. The molecule has 2 amide bonds. The number of likely N-dealkylation sites (tertiary alicyclic amines) is 1. The summed E-state index contributed by atoms with van der Waals surface area (Å²) < 4.78 is 0. The molecule has 0 radical (unpaired) electrons. The first-order valence-corrected chi connectivity index (χ1v) is 8.32. The SMILES string of the molecule is CCC(C)C(S)C(=O)N[C@@H](C)C(=O)N1CCCCC1C(=O)O. The van der Waals surface area contributed by atoms with Crippen molar-refractivity contribution in [2.45, 2.75) is 63.8 Å². The van der Waals surface area contributed by atoms with E-state index in [0.717, 1.165) is 19.3 Å². The van der Waals surface area contributed by atoms with E-state index in [0.29, 0.717) is 13.0 Å². The lowest BCUT2D eigenvalue weighted by atomic mass is 10.0. The molecule has 3 unspecified atom stereocenters. The maximum absolute atomic E-state index is 12.4. The van der Waals surface area contributed by atoms with E-state index >= 15 is 0 Å². The second-order valence-electron chi connectivity index (χ2n) is 5.94. The van der Waals surface area contributed by atoms with E-state index in [1.54, 1.807) is 6.92 Å². The lowest BCUT2D eigenvalue weighted by Gasteiger charge is -2.35. The second kappa shape index (κ2) is 8.41. The van der Waals surface area contributed by atoms with Crippen LogP contribution >= 0.6 is 12.6 Å². The van der Waals surface area contributed by atoms with Crippen molar-refractivity contribution in [3.8, 4) is 0 Å². The largest absolute Gasteiger partial charge is 0.480 e. The molecule has 0 aromatic heterocycles. The van der Waals surface area contributed by atoms with Crippen molar-refractivity contribution in [2.75, 3.05) is 6.54 Å². The van der Waals surface area contributed by atoms with Crippen molar-refractivity contribution in [1.82, 2.24) is 10.2 Å². The average molecular weight is 330 g/mol. The molecule has 6 nitrogen and oxygen atoms in total. The Morgan fingerprint density at radius 2 is 1.95 bits per heavy atom. The van der Waals surface area contributed by atoms with Crippen LogP contribution in [0.15, 0.2) is 0 Å². The van der Waals surface area contributed by atoms with E-state index in [2.05, 4.69) is 17.9 Å². The van der Waals surface area contributed by atoms with Crippen LogP contribution < -0.4 is 5.32 Å². The monoisotopic (exact) mass is 330 g/mol. The van der Waals surface area contributed by atoms with Gasteiger partial charge in [0.05, 0.1) is 5.25 Å². The van der Waals surface area contributed by atoms with Crippen LogP contribution in [0.25, 0.3) is 0 Å². The smallest absolute Gasteiger partial charge is 0.326 e. The summed E-state index contributed by atoms with van der Waals surface area (Å²) in [4.78, 5) is 37.1. The van der Waals surface area contributed by atoms with Crippen molar-refractivity contribution in [3.63, 3.8) is 0 Å². The third kappa shape index (κ3) is 4.63. The fourth-order valence-corrected chi connectivity index (χ4v) is 2.83. The van der Waals surface area contributed by atoms with Gasteiger partial charge in [0.25, 0.3) is 0 Å². The summed E-state index contributed by atoms with van der Waals surface area (Å²) in [6, 6.07) is -1.53. The zero-order valence-electron chi connectivity index (χ0n) is 13.4. The van der Waals surface area contributed by atoms with Gasteiger partial charge in [0, 0.05) is 6.54 Å². The average Bonchev–Trinajstić information content (AvgIpc) is 2.52. The Kier molecular flexibility index (Phi) is 7.19. The third-order valence-electron chi connectivity index (χ3n) is 4.25. The molecule has 1 fully saturated rings. The topological polar surface area (TPSA) is 86.7 Å². The fraction of sp³-hybridized carbons (Fsp3) is 0.800. The van der Waals surface area contributed by atoms with E-state index in [1.165, 1.54) is 4.90 Å². The number of carbonyl (C=O) groups excluding carboxylic acids is 2. The maximum Gasteiger partial charge on any atom is 0.326 e. The molecule has 1 aliphatic heterocycles. The van der Waals surface area contributed by atoms with Gasteiger partial charge in [-0.2, -0.15) is 12.6 Å². The van der Waals surface area contributed by atoms with Gasteiger partial charge in [-0.15, -0.1) is 0 Å². The molecule has 0 bridgehead atoms. The van der Waals surface area contributed by atoms with E-state index < -0.39 is 23.3 Å². The van der Waals surface area contributed by atoms with Gasteiger partial charge in [-0.25, -0.2) is 4.79 Å². The normalized spacial score (nSPS) is 22.5. The summed E-state index contributed by atoms with van der Waals surface area (Å²) in [5, 5.41) is 11.4. The molecule has 0 aliphatic carbocycles. The van der Waals surface area contributed by atoms with E-state index in [1.807, 2.05) is 13.8 Å². The molecule has 1 heterocycles. The van der Waals surface area contributed by atoms with Gasteiger partial charge in [0.1, 0.15) is 12.1 Å². The first-order valence-electron chi connectivity index (χ1n) is 7.81. The van der Waals surface area contributed by atoms with Crippen LogP contribution in [0.3, 0.4) is 0 Å². The summed E-state index contributed by atoms with van der Waals surface area (Å²) in [5.41, 5.74) is 0. The van der Waals surface area contributed by atoms with Crippen LogP contribution in [0.4, 0.5) is 0 Å². The molecular formula is C15H26N2O4S. The molecule has 22 heavy (non-hydrogen) atoms. The Morgan fingerprint density at radius 3 is 2.50 bits per heavy atom. The van der Waals surface area contributed by atoms with Crippen molar-refractivity contribution in [1.29, 1.82) is 0 Å². The standard InChI is InChI=1S/C15H26N2O4S/c1-4-9(2)12(22)13(18)16-10(3)14(19)17-8-6-5-7-11(17)15(20)21/h9-12,22H,4-8H2,1-3H3,(H,16,18)(H,20,21)/t9?,10-,11?,12?/m0/s1. The van der Waals surface area contributed by atoms with Crippen LogP contribution in [-0.2, 0) is 14.4 Å². The molecule has 1 rings (SSSR count). The number of nitrogens with zero attached hydrogens (tertiary/aromatic N) is 1. The molecule has 0 saturated carbocycles. The van der Waals surface area contributed by atoms with Crippen LogP contribution in [0.2, 0.25) is 0 Å². The molecular weight excluding hydrogens is 304 g/mol. The summed E-state index contributed by atoms with van der Waals surface area (Å²) >= 11 is 4.29. The number of amides is 2. The third-order valence-corrected chi connectivity index (χ3v) is 5.00. The van der Waals surface area contributed by atoms with Crippen molar-refractivity contribution >= 4 is 30.4 Å². The molecule has 1 saturated heterocycles. The van der Waals surface area contributed by atoms with Crippen LogP contribution in [0, 0.1) is 5.92 Å². The number of aliphatic carboxylic acids is 1. The predicted octanol–water partition coefficient (Wildman–Crippen LogP) is 1.30. The number of carbonyl (C=O) groups is 3. The highest BCUT2D eigenvalue weighted by molar-refractivity contribution is 7.81. The molecule has 126 valence electrons. The number of thiol groups is 1. The Bertz CT molecular complexity index is 430. The molecule has 0 spiro atoms. The maximum atomic E-state index is 12.4. The van der Waals surface area contributed by atoms with Gasteiger partial charge in [0.15, 0.2) is 0 Å². The molecule has 1 aliphatic rings. The Labute approximate surface area is 137 Å². The number of piperidine rings is 1. The minimum Gasteiger partial charge on any atom is -0.480 e. The van der Waals surface area contributed by atoms with Crippen LogP contribution in [-0.4, -0.2) is 51.7 Å². The molecule has 2 N–H and O–H groups in total. The van der Waals surface area contributed by atoms with Crippen LogP contribution in [0.1, 0.15) is 46.5 Å². The highest BCUT2D eigenvalue weighted by Crippen LogP contribution is 2.19. The van der Waals surface area contributed by atoms with Crippen molar-refractivity contribution in [3.05, 3.63) is 0 Å². The summed E-state index contributed by atoms with van der Waals surface area (Å²) in [5.74, 6) is -1.52. The molecule has 0 aromatic rings. The Hall–Kier alpha value is -1.24. The summed E-state index contributed by atoms with van der Waals surface area (Å²) in [6.45, 7) is 5.91. The summed E-state index contributed by atoms with van der Waals surface area (Å²) in [6.07, 6.45) is 2.87. The van der Waals surface area contributed by atoms with E-state index in [4.69, 9.17) is 0 Å². The van der Waals surface area contributed by atoms with E-state index in [-0.39, 0.29) is 17.7 Å². The predicted molar refractivity (Wildman–Crippen MR) is 86.8 cm³/mol. The Morgan fingerprint density at radius 1 is 1.32 bits per heavy atom. The highest BCUT2D eigenvalue weighted by Gasteiger charge is 2.35. The zero-order valence-corrected chi connectivity index (χ0v) is 14.3. The number of nitrogens with one attached hydrogen (secondary N) is 1. The first-order chi connectivity index (χ1) is 10.3. The first kappa shape index (κ1) is 18.8. The molecule has 7 heteroatoms. The van der Waals surface area contributed by atoms with Crippen molar-refractivity contribution in [2.24, 2.45) is 5.92 Å². The number of carboxylic acids is 1. The minimum absolute atomic E-state index is 0.104.